The van der Waals surface area contributed by atoms with Crippen molar-refractivity contribution in [3.8, 4) is 17.0 Å². The molecule has 4 nitrogen and oxygen atoms in total. The molecule has 1 atom stereocenters. The van der Waals surface area contributed by atoms with E-state index < -0.39 is 17.8 Å². The molecule has 2 heterocycles. The number of ether oxygens (including phenoxy) is 1. The fourth-order valence-corrected chi connectivity index (χ4v) is 2.90. The van der Waals surface area contributed by atoms with Gasteiger partial charge in [-0.05, 0) is 31.4 Å². The van der Waals surface area contributed by atoms with Gasteiger partial charge in [-0.15, -0.1) is 0 Å². The third-order valence-electron chi connectivity index (χ3n) is 3.66. The lowest BCUT2D eigenvalue weighted by molar-refractivity contribution is 0.139. The Morgan fingerprint density at radius 1 is 1.23 bits per heavy atom. The molecule has 2 rings (SSSR count). The van der Waals surface area contributed by atoms with Crippen LogP contribution in [0.15, 0.2) is 24.5 Å². The molecule has 0 aliphatic carbocycles. The Labute approximate surface area is 155 Å². The molecule has 0 spiro atoms. The summed E-state index contributed by atoms with van der Waals surface area (Å²) in [7, 11) is 0. The topological polar surface area (TPSA) is 61.0 Å². The molecule has 1 unspecified atom stereocenters. The minimum absolute atomic E-state index is 0.0121. The number of hydrogen-bond acceptors (Lipinski definition) is 4. The first-order valence-corrected chi connectivity index (χ1v) is 8.48. The minimum Gasteiger partial charge on any atom is -0.490 e. The largest absolute Gasteiger partial charge is 0.490 e. The highest BCUT2D eigenvalue weighted by Crippen LogP contribution is 2.33. The van der Waals surface area contributed by atoms with Gasteiger partial charge in [0.25, 0.3) is 6.43 Å². The van der Waals surface area contributed by atoms with Gasteiger partial charge in [-0.25, -0.2) is 18.2 Å². The molecule has 0 bridgehead atoms. The number of alkyl halides is 2. The van der Waals surface area contributed by atoms with E-state index in [0.717, 1.165) is 18.5 Å². The normalized spacial score (nSPS) is 13.9. The van der Waals surface area contributed by atoms with Gasteiger partial charge in [0.2, 0.25) is 0 Å². The summed E-state index contributed by atoms with van der Waals surface area (Å²) in [4.78, 5) is 7.63. The zero-order valence-electron chi connectivity index (χ0n) is 14.8. The standard InChI is InChI=1S/C18H21ClF3N3O/c1-10(2)6-18(3,23)9-26-15-8-24-14(4-12(15)17(21)22)11-5-16(19)25-7-13(11)20/h4-5,7-8,10,17H,6,9,23H2,1-3H3. The fraction of sp³-hybridized carbons (Fsp3) is 0.444. The molecule has 2 N–H and O–H groups in total. The summed E-state index contributed by atoms with van der Waals surface area (Å²) >= 11 is 5.75. The van der Waals surface area contributed by atoms with Crippen molar-refractivity contribution in [1.82, 2.24) is 9.97 Å². The Kier molecular flexibility index (Phi) is 6.47. The van der Waals surface area contributed by atoms with Crippen LogP contribution < -0.4 is 10.5 Å². The van der Waals surface area contributed by atoms with Gasteiger partial charge in [0.1, 0.15) is 17.5 Å². The van der Waals surface area contributed by atoms with Gasteiger partial charge in [-0.2, -0.15) is 0 Å². The molecule has 0 amide bonds. The molecule has 2 aromatic rings. The number of halogens is 4. The third kappa shape index (κ3) is 5.32. The highest BCUT2D eigenvalue weighted by Gasteiger charge is 2.24. The average molecular weight is 388 g/mol. The quantitative estimate of drug-likeness (QED) is 0.678. The van der Waals surface area contributed by atoms with Gasteiger partial charge in [0.15, 0.2) is 5.82 Å². The molecule has 2 aromatic heterocycles. The highest BCUT2D eigenvalue weighted by molar-refractivity contribution is 6.29. The van der Waals surface area contributed by atoms with E-state index in [4.69, 9.17) is 22.1 Å². The first-order valence-electron chi connectivity index (χ1n) is 8.10. The Bertz CT molecular complexity index is 769. The van der Waals surface area contributed by atoms with Crippen LogP contribution in [0.4, 0.5) is 13.2 Å². The van der Waals surface area contributed by atoms with Gasteiger partial charge >= 0.3 is 0 Å². The number of nitrogens with two attached hydrogens (primary N) is 1. The Balaban J connectivity index is 2.31. The van der Waals surface area contributed by atoms with Crippen LogP contribution >= 0.6 is 11.6 Å². The van der Waals surface area contributed by atoms with Gasteiger partial charge in [0.05, 0.1) is 23.7 Å². The van der Waals surface area contributed by atoms with Crippen LogP contribution in [-0.4, -0.2) is 22.1 Å². The predicted octanol–water partition coefficient (Wildman–Crippen LogP) is 5.02. The van der Waals surface area contributed by atoms with Crippen molar-refractivity contribution in [3.63, 3.8) is 0 Å². The van der Waals surface area contributed by atoms with E-state index in [0.29, 0.717) is 12.3 Å². The van der Waals surface area contributed by atoms with Crippen molar-refractivity contribution < 1.29 is 17.9 Å². The van der Waals surface area contributed by atoms with Crippen LogP contribution in [0.1, 0.15) is 39.2 Å². The van der Waals surface area contributed by atoms with Gasteiger partial charge in [0, 0.05) is 11.1 Å². The lowest BCUT2D eigenvalue weighted by atomic mass is 9.93. The fourth-order valence-electron chi connectivity index (χ4n) is 2.74. The van der Waals surface area contributed by atoms with Crippen LogP contribution in [0, 0.1) is 11.7 Å². The van der Waals surface area contributed by atoms with Crippen LogP contribution in [0.2, 0.25) is 5.15 Å². The number of nitrogens with zero attached hydrogens (tertiary/aromatic N) is 2. The Morgan fingerprint density at radius 3 is 2.54 bits per heavy atom. The van der Waals surface area contributed by atoms with E-state index in [1.807, 2.05) is 13.8 Å². The van der Waals surface area contributed by atoms with E-state index in [2.05, 4.69) is 9.97 Å². The molecule has 0 saturated carbocycles. The second kappa shape index (κ2) is 8.22. The van der Waals surface area contributed by atoms with Gasteiger partial charge < -0.3 is 10.5 Å². The van der Waals surface area contributed by atoms with E-state index in [9.17, 15) is 13.2 Å². The summed E-state index contributed by atoms with van der Waals surface area (Å²) < 4.78 is 46.4. The molecule has 0 fully saturated rings. The highest BCUT2D eigenvalue weighted by atomic mass is 35.5. The maximum atomic E-state index is 13.9. The Hall–Kier alpha value is -1.86. The second-order valence-corrected chi connectivity index (χ2v) is 7.32. The van der Waals surface area contributed by atoms with Crippen LogP contribution in [0.5, 0.6) is 5.75 Å². The zero-order valence-corrected chi connectivity index (χ0v) is 15.5. The lowest BCUT2D eigenvalue weighted by Crippen LogP contribution is -2.43. The molecule has 26 heavy (non-hydrogen) atoms. The summed E-state index contributed by atoms with van der Waals surface area (Å²) in [6.07, 6.45) is -0.0853. The smallest absolute Gasteiger partial charge is 0.267 e. The Morgan fingerprint density at radius 2 is 1.92 bits per heavy atom. The molecule has 0 saturated heterocycles. The van der Waals surface area contributed by atoms with E-state index in [1.165, 1.54) is 6.07 Å². The zero-order chi connectivity index (χ0) is 19.5. The first-order chi connectivity index (χ1) is 12.1. The van der Waals surface area contributed by atoms with Gasteiger partial charge in [-0.1, -0.05) is 25.4 Å². The van der Waals surface area contributed by atoms with Crippen molar-refractivity contribution >= 4 is 11.6 Å². The summed E-state index contributed by atoms with van der Waals surface area (Å²) in [6.45, 7) is 5.88. The minimum atomic E-state index is -2.82. The van der Waals surface area contributed by atoms with E-state index in [1.54, 1.807) is 6.92 Å². The lowest BCUT2D eigenvalue weighted by Gasteiger charge is -2.27. The van der Waals surface area contributed by atoms with Crippen LogP contribution in [0.25, 0.3) is 11.3 Å². The second-order valence-electron chi connectivity index (χ2n) is 6.94. The summed E-state index contributed by atoms with van der Waals surface area (Å²) in [5.74, 6) is -0.449. The maximum Gasteiger partial charge on any atom is 0.267 e. The SMILES string of the molecule is CC(C)CC(C)(N)COc1cnc(-c2cc(Cl)ncc2F)cc1C(F)F. The van der Waals surface area contributed by atoms with Crippen molar-refractivity contribution in [2.45, 2.75) is 39.2 Å². The van der Waals surface area contributed by atoms with Crippen LogP contribution in [-0.2, 0) is 0 Å². The third-order valence-corrected chi connectivity index (χ3v) is 3.87. The van der Waals surface area contributed by atoms with Crippen molar-refractivity contribution in [2.75, 3.05) is 6.61 Å². The number of aromatic nitrogens is 2. The number of rotatable bonds is 7. The molecule has 8 heteroatoms. The summed E-state index contributed by atoms with van der Waals surface area (Å²) in [5.41, 5.74) is 5.10. The number of pyridine rings is 2. The summed E-state index contributed by atoms with van der Waals surface area (Å²) in [6, 6.07) is 2.32. The number of hydrogen-bond donors (Lipinski definition) is 1. The molecule has 142 valence electrons. The molecule has 0 aromatic carbocycles. The van der Waals surface area contributed by atoms with Gasteiger partial charge in [-0.3, -0.25) is 4.98 Å². The maximum absolute atomic E-state index is 13.9. The molecular weight excluding hydrogens is 367 g/mol. The molecule has 0 aliphatic heterocycles. The van der Waals surface area contributed by atoms with Crippen LogP contribution in [0.3, 0.4) is 0 Å². The predicted molar refractivity (Wildman–Crippen MR) is 94.9 cm³/mol. The van der Waals surface area contributed by atoms with Crippen molar-refractivity contribution in [2.24, 2.45) is 11.7 Å². The van der Waals surface area contributed by atoms with Crippen molar-refractivity contribution in [3.05, 3.63) is 41.1 Å². The molecule has 0 aliphatic rings. The monoisotopic (exact) mass is 387 g/mol. The molecular formula is C18H21ClF3N3O. The van der Waals surface area contributed by atoms with E-state index in [-0.39, 0.29) is 34.3 Å². The first kappa shape index (κ1) is 20.5. The summed E-state index contributed by atoms with van der Waals surface area (Å²) in [5, 5.41) is 0.0368. The average Bonchev–Trinajstić information content (AvgIpc) is 2.54. The van der Waals surface area contributed by atoms with Crippen molar-refractivity contribution in [1.29, 1.82) is 0 Å². The molecule has 0 radical (unpaired) electrons. The van der Waals surface area contributed by atoms with E-state index >= 15 is 0 Å².